The van der Waals surface area contributed by atoms with Gasteiger partial charge in [-0.05, 0) is 99.1 Å². The van der Waals surface area contributed by atoms with Gasteiger partial charge in [-0.15, -0.1) is 0 Å². The van der Waals surface area contributed by atoms with Gasteiger partial charge in [0.15, 0.2) is 5.11 Å². The molecule has 0 radical (unpaired) electrons. The van der Waals surface area contributed by atoms with Gasteiger partial charge >= 0.3 is 0 Å². The van der Waals surface area contributed by atoms with Crippen molar-refractivity contribution in [1.82, 2.24) is 15.1 Å². The zero-order valence-corrected chi connectivity index (χ0v) is 18.9. The minimum Gasteiger partial charge on any atom is -0.332 e. The Labute approximate surface area is 184 Å². The lowest BCUT2D eigenvalue weighted by Crippen LogP contribution is -2.34. The SMILES string of the molecule is Cc1cc(I)ccc1NC(=S)NC(=O)c1ccc(Cn2cc(Br)cn2)cc1. The Bertz CT molecular complexity index is 988. The fourth-order valence-corrected chi connectivity index (χ4v) is 3.65. The zero-order valence-electron chi connectivity index (χ0n) is 14.4. The largest absolute Gasteiger partial charge is 0.332 e. The number of hydrogen-bond acceptors (Lipinski definition) is 3. The number of carbonyl (C=O) groups is 1. The van der Waals surface area contributed by atoms with E-state index in [0.717, 1.165) is 24.9 Å². The van der Waals surface area contributed by atoms with Crippen molar-refractivity contribution in [3.05, 3.63) is 79.6 Å². The third-order valence-electron chi connectivity index (χ3n) is 3.83. The first-order chi connectivity index (χ1) is 12.9. The predicted octanol–water partition coefficient (Wildman–Crippen LogP) is 4.73. The Morgan fingerprint density at radius 2 is 2.00 bits per heavy atom. The quantitative estimate of drug-likeness (QED) is 0.361. The first-order valence-electron chi connectivity index (χ1n) is 8.06. The van der Waals surface area contributed by atoms with E-state index in [1.54, 1.807) is 18.3 Å². The Morgan fingerprint density at radius 3 is 2.63 bits per heavy atom. The molecule has 5 nitrogen and oxygen atoms in total. The summed E-state index contributed by atoms with van der Waals surface area (Å²) in [4.78, 5) is 12.4. The minimum atomic E-state index is -0.246. The van der Waals surface area contributed by atoms with Gasteiger partial charge in [0, 0.05) is 21.0 Å². The van der Waals surface area contributed by atoms with Crippen LogP contribution >= 0.6 is 50.7 Å². The van der Waals surface area contributed by atoms with Crippen LogP contribution in [0.5, 0.6) is 0 Å². The van der Waals surface area contributed by atoms with Gasteiger partial charge in [-0.2, -0.15) is 5.10 Å². The summed E-state index contributed by atoms with van der Waals surface area (Å²) < 4.78 is 3.90. The molecule has 0 unspecified atom stereocenters. The van der Waals surface area contributed by atoms with Gasteiger partial charge in [0.25, 0.3) is 5.91 Å². The number of nitrogens with one attached hydrogen (secondary N) is 2. The second kappa shape index (κ2) is 8.94. The fraction of sp³-hybridized carbons (Fsp3) is 0.105. The van der Waals surface area contributed by atoms with Crippen LogP contribution in [0.1, 0.15) is 21.5 Å². The third kappa shape index (κ3) is 5.60. The number of nitrogens with zero attached hydrogens (tertiary/aromatic N) is 2. The monoisotopic (exact) mass is 554 g/mol. The Balaban J connectivity index is 1.59. The van der Waals surface area contributed by atoms with Gasteiger partial charge in [0.2, 0.25) is 0 Å². The maximum absolute atomic E-state index is 12.4. The number of amides is 1. The minimum absolute atomic E-state index is 0.246. The summed E-state index contributed by atoms with van der Waals surface area (Å²) in [5.74, 6) is -0.246. The molecular weight excluding hydrogens is 539 g/mol. The van der Waals surface area contributed by atoms with E-state index >= 15 is 0 Å². The molecule has 1 amide bonds. The van der Waals surface area contributed by atoms with Crippen molar-refractivity contribution in [3.63, 3.8) is 0 Å². The summed E-state index contributed by atoms with van der Waals surface area (Å²) in [7, 11) is 0. The van der Waals surface area contributed by atoms with Crippen LogP contribution < -0.4 is 10.6 Å². The van der Waals surface area contributed by atoms with Crippen LogP contribution in [0.4, 0.5) is 5.69 Å². The van der Waals surface area contributed by atoms with Crippen molar-refractivity contribution in [1.29, 1.82) is 0 Å². The average Bonchev–Trinajstić information content (AvgIpc) is 3.03. The summed E-state index contributed by atoms with van der Waals surface area (Å²) in [6, 6.07) is 13.3. The molecule has 3 rings (SSSR count). The lowest BCUT2D eigenvalue weighted by atomic mass is 10.1. The number of thiocarbonyl (C=S) groups is 1. The highest BCUT2D eigenvalue weighted by molar-refractivity contribution is 14.1. The standard InChI is InChI=1S/C19H16BrIN4OS/c1-12-8-16(21)6-7-17(12)23-19(27)24-18(26)14-4-2-13(3-5-14)10-25-11-15(20)9-22-25/h2-9,11H,10H2,1H3,(H2,23,24,26,27). The molecule has 2 N–H and O–H groups in total. The number of halogens is 2. The number of carbonyl (C=O) groups excluding carboxylic acids is 1. The molecule has 1 heterocycles. The molecule has 0 spiro atoms. The molecule has 0 atom stereocenters. The molecule has 0 bridgehead atoms. The van der Waals surface area contributed by atoms with Crippen LogP contribution in [-0.4, -0.2) is 20.8 Å². The van der Waals surface area contributed by atoms with Gasteiger partial charge < -0.3 is 5.32 Å². The van der Waals surface area contributed by atoms with Crippen molar-refractivity contribution < 1.29 is 4.79 Å². The van der Waals surface area contributed by atoms with Gasteiger partial charge in [0.05, 0.1) is 17.2 Å². The third-order valence-corrected chi connectivity index (χ3v) is 5.11. The molecule has 1 aromatic heterocycles. The smallest absolute Gasteiger partial charge is 0.257 e. The number of anilines is 1. The van der Waals surface area contributed by atoms with E-state index in [4.69, 9.17) is 12.2 Å². The maximum Gasteiger partial charge on any atom is 0.257 e. The van der Waals surface area contributed by atoms with Crippen LogP contribution in [0.3, 0.4) is 0 Å². The zero-order chi connectivity index (χ0) is 19.4. The van der Waals surface area contributed by atoms with E-state index in [2.05, 4.69) is 54.3 Å². The van der Waals surface area contributed by atoms with Crippen LogP contribution in [-0.2, 0) is 6.54 Å². The van der Waals surface area contributed by atoms with E-state index in [0.29, 0.717) is 12.1 Å². The molecular formula is C19H16BrIN4OS. The summed E-state index contributed by atoms with van der Waals surface area (Å²) >= 11 is 10.9. The van der Waals surface area contributed by atoms with E-state index in [1.807, 2.05) is 48.1 Å². The molecule has 0 aliphatic rings. The molecule has 27 heavy (non-hydrogen) atoms. The highest BCUT2D eigenvalue weighted by atomic mass is 127. The van der Waals surface area contributed by atoms with Crippen LogP contribution in [0.15, 0.2) is 59.3 Å². The molecule has 0 saturated carbocycles. The second-order valence-corrected chi connectivity index (χ2v) is 8.49. The van der Waals surface area contributed by atoms with Gasteiger partial charge in [-0.25, -0.2) is 0 Å². The summed E-state index contributed by atoms with van der Waals surface area (Å²) in [5, 5.41) is 10.3. The van der Waals surface area contributed by atoms with Crippen molar-refractivity contribution in [2.45, 2.75) is 13.5 Å². The Morgan fingerprint density at radius 1 is 1.26 bits per heavy atom. The van der Waals surface area contributed by atoms with E-state index in [1.165, 1.54) is 0 Å². The van der Waals surface area contributed by atoms with E-state index < -0.39 is 0 Å². The molecule has 8 heteroatoms. The molecule has 3 aromatic rings. The molecule has 138 valence electrons. The molecule has 0 fully saturated rings. The van der Waals surface area contributed by atoms with Crippen molar-refractivity contribution in [2.24, 2.45) is 0 Å². The fourth-order valence-electron chi connectivity index (χ4n) is 2.47. The normalized spacial score (nSPS) is 10.5. The van der Waals surface area contributed by atoms with Crippen molar-refractivity contribution in [3.8, 4) is 0 Å². The second-order valence-electron chi connectivity index (χ2n) is 5.92. The topological polar surface area (TPSA) is 58.9 Å². The Kier molecular flexibility index (Phi) is 6.61. The van der Waals surface area contributed by atoms with Crippen LogP contribution in [0.25, 0.3) is 0 Å². The summed E-state index contributed by atoms with van der Waals surface area (Å²) in [6.07, 6.45) is 3.64. The molecule has 0 aliphatic carbocycles. The van der Waals surface area contributed by atoms with Crippen molar-refractivity contribution >= 4 is 67.4 Å². The van der Waals surface area contributed by atoms with Gasteiger partial charge in [-0.3, -0.25) is 14.8 Å². The Hall–Kier alpha value is -1.78. The van der Waals surface area contributed by atoms with E-state index in [-0.39, 0.29) is 11.0 Å². The number of hydrogen-bond donors (Lipinski definition) is 2. The number of rotatable bonds is 4. The average molecular weight is 555 g/mol. The number of aryl methyl sites for hydroxylation is 1. The molecule has 2 aromatic carbocycles. The highest BCUT2D eigenvalue weighted by Crippen LogP contribution is 2.17. The van der Waals surface area contributed by atoms with Gasteiger partial charge in [-0.1, -0.05) is 12.1 Å². The number of benzene rings is 2. The van der Waals surface area contributed by atoms with Gasteiger partial charge in [0.1, 0.15) is 0 Å². The molecule has 0 saturated heterocycles. The lowest BCUT2D eigenvalue weighted by Gasteiger charge is -2.12. The summed E-state index contributed by atoms with van der Waals surface area (Å²) in [6.45, 7) is 2.63. The number of aromatic nitrogens is 2. The first kappa shape index (κ1) is 20.0. The van der Waals surface area contributed by atoms with E-state index in [9.17, 15) is 4.79 Å². The van der Waals surface area contributed by atoms with Crippen LogP contribution in [0, 0.1) is 10.5 Å². The lowest BCUT2D eigenvalue weighted by molar-refractivity contribution is 0.0977. The predicted molar refractivity (Wildman–Crippen MR) is 123 cm³/mol. The molecule has 0 aliphatic heterocycles. The highest BCUT2D eigenvalue weighted by Gasteiger charge is 2.09. The van der Waals surface area contributed by atoms with Crippen molar-refractivity contribution in [2.75, 3.05) is 5.32 Å². The first-order valence-corrected chi connectivity index (χ1v) is 10.3. The van der Waals surface area contributed by atoms with Crippen LogP contribution in [0.2, 0.25) is 0 Å². The summed E-state index contributed by atoms with van der Waals surface area (Å²) in [5.41, 5.74) is 3.54. The maximum atomic E-state index is 12.4.